The van der Waals surface area contributed by atoms with E-state index in [0.717, 1.165) is 0 Å². The highest BCUT2D eigenvalue weighted by Crippen LogP contribution is 2.26. The molecule has 0 fully saturated rings. The molecule has 1 atom stereocenters. The van der Waals surface area contributed by atoms with Crippen LogP contribution in [0.2, 0.25) is 0 Å². The van der Waals surface area contributed by atoms with Crippen LogP contribution in [0.4, 0.5) is 0 Å². The summed E-state index contributed by atoms with van der Waals surface area (Å²) in [5, 5.41) is 0. The lowest BCUT2D eigenvalue weighted by molar-refractivity contribution is -0.151. The van der Waals surface area contributed by atoms with Crippen molar-refractivity contribution in [1.29, 1.82) is 0 Å². The second kappa shape index (κ2) is 7.69. The van der Waals surface area contributed by atoms with E-state index in [-0.39, 0.29) is 11.9 Å². The van der Waals surface area contributed by atoms with Gasteiger partial charge in [0, 0.05) is 5.57 Å². The fourth-order valence-electron chi connectivity index (χ4n) is 1.24. The van der Waals surface area contributed by atoms with Crippen LogP contribution in [0.15, 0.2) is 24.3 Å². The Morgan fingerprint density at radius 1 is 1.22 bits per heavy atom. The molecule has 0 saturated heterocycles. The summed E-state index contributed by atoms with van der Waals surface area (Å²) in [5.41, 5.74) is -0.335. The first kappa shape index (κ1) is 16.4. The highest BCUT2D eigenvalue weighted by molar-refractivity contribution is 5.88. The van der Waals surface area contributed by atoms with Crippen LogP contribution in [-0.4, -0.2) is 25.2 Å². The molecule has 0 aromatic heterocycles. The van der Waals surface area contributed by atoms with Crippen LogP contribution >= 0.6 is 0 Å². The number of hydrogen-bond acceptors (Lipinski definition) is 4. The van der Waals surface area contributed by atoms with Crippen molar-refractivity contribution in [2.45, 2.75) is 34.1 Å². The summed E-state index contributed by atoms with van der Waals surface area (Å²) < 4.78 is 9.84. The minimum absolute atomic E-state index is 0.322. The predicted octanol–water partition coefficient (Wildman–Crippen LogP) is 2.64. The van der Waals surface area contributed by atoms with Gasteiger partial charge in [-0.05, 0) is 34.1 Å². The van der Waals surface area contributed by atoms with Gasteiger partial charge in [-0.2, -0.15) is 0 Å². The van der Waals surface area contributed by atoms with Crippen LogP contribution in [0.25, 0.3) is 0 Å². The van der Waals surface area contributed by atoms with Crippen LogP contribution in [0.1, 0.15) is 34.1 Å². The lowest BCUT2D eigenvalue weighted by Gasteiger charge is -2.21. The van der Waals surface area contributed by atoms with Crippen LogP contribution in [0, 0.1) is 5.41 Å². The molecule has 0 aliphatic carbocycles. The molecule has 18 heavy (non-hydrogen) atoms. The van der Waals surface area contributed by atoms with E-state index >= 15 is 0 Å². The molecule has 1 unspecified atom stereocenters. The molecule has 0 aliphatic heterocycles. The van der Waals surface area contributed by atoms with E-state index in [1.807, 2.05) is 0 Å². The third kappa shape index (κ3) is 4.73. The molecule has 0 spiro atoms. The van der Waals surface area contributed by atoms with Gasteiger partial charge in [-0.15, -0.1) is 6.58 Å². The van der Waals surface area contributed by atoms with E-state index in [2.05, 4.69) is 6.58 Å². The topological polar surface area (TPSA) is 52.6 Å². The zero-order chi connectivity index (χ0) is 14.2. The summed E-state index contributed by atoms with van der Waals surface area (Å²) in [4.78, 5) is 23.2. The van der Waals surface area contributed by atoms with Crippen molar-refractivity contribution in [2.75, 3.05) is 13.2 Å². The van der Waals surface area contributed by atoms with E-state index in [1.165, 1.54) is 0 Å². The average molecular weight is 254 g/mol. The summed E-state index contributed by atoms with van der Waals surface area (Å²) in [6.07, 6.45) is 3.58. The van der Waals surface area contributed by atoms with Crippen LogP contribution in [0.3, 0.4) is 0 Å². The van der Waals surface area contributed by atoms with Gasteiger partial charge in [0.2, 0.25) is 0 Å². The summed E-state index contributed by atoms with van der Waals surface area (Å²) >= 11 is 0. The van der Waals surface area contributed by atoms with E-state index in [9.17, 15) is 9.59 Å². The van der Waals surface area contributed by atoms with Crippen molar-refractivity contribution in [3.8, 4) is 0 Å². The fraction of sp³-hybridized carbons (Fsp3) is 0.571. The van der Waals surface area contributed by atoms with Gasteiger partial charge in [-0.25, -0.2) is 4.79 Å². The van der Waals surface area contributed by atoms with Gasteiger partial charge >= 0.3 is 11.9 Å². The lowest BCUT2D eigenvalue weighted by atomic mass is 9.86. The monoisotopic (exact) mass is 254 g/mol. The standard InChI is InChI=1S/C14H22O4/c1-6-14(5,13(16)18-8-3)10-9-11(4)12(15)17-7-2/h6,9H,1,7-8,10H2,2-5H3. The van der Waals surface area contributed by atoms with Gasteiger partial charge in [-0.3, -0.25) is 4.79 Å². The number of carbonyl (C=O) groups excluding carboxylic acids is 2. The minimum atomic E-state index is -0.816. The summed E-state index contributed by atoms with van der Waals surface area (Å²) in [5.74, 6) is -0.708. The Kier molecular flexibility index (Phi) is 7.01. The molecule has 0 rings (SSSR count). The van der Waals surface area contributed by atoms with E-state index in [0.29, 0.717) is 25.2 Å². The van der Waals surface area contributed by atoms with Crippen molar-refractivity contribution < 1.29 is 19.1 Å². The zero-order valence-electron chi connectivity index (χ0n) is 11.6. The molecular formula is C14H22O4. The molecule has 102 valence electrons. The third-order valence-corrected chi connectivity index (χ3v) is 2.62. The van der Waals surface area contributed by atoms with Gasteiger partial charge in [-0.1, -0.05) is 12.2 Å². The highest BCUT2D eigenvalue weighted by atomic mass is 16.5. The van der Waals surface area contributed by atoms with Crippen molar-refractivity contribution >= 4 is 11.9 Å². The first-order valence-electron chi connectivity index (χ1n) is 6.06. The smallest absolute Gasteiger partial charge is 0.333 e. The lowest BCUT2D eigenvalue weighted by Crippen LogP contribution is -2.27. The Bertz CT molecular complexity index is 344. The number of rotatable bonds is 7. The van der Waals surface area contributed by atoms with E-state index in [4.69, 9.17) is 9.47 Å². The SMILES string of the molecule is C=CC(C)(CC=C(C)C(=O)OCC)C(=O)OCC. The van der Waals surface area contributed by atoms with Gasteiger partial charge < -0.3 is 9.47 Å². The number of allylic oxidation sites excluding steroid dienone is 1. The predicted molar refractivity (Wildman–Crippen MR) is 69.9 cm³/mol. The molecule has 0 aromatic rings. The van der Waals surface area contributed by atoms with E-state index in [1.54, 1.807) is 39.8 Å². The summed E-state index contributed by atoms with van der Waals surface area (Å²) in [7, 11) is 0. The Morgan fingerprint density at radius 2 is 1.78 bits per heavy atom. The van der Waals surface area contributed by atoms with E-state index < -0.39 is 5.41 Å². The average Bonchev–Trinajstić information content (AvgIpc) is 2.36. The summed E-state index contributed by atoms with van der Waals surface area (Å²) in [6, 6.07) is 0. The zero-order valence-corrected chi connectivity index (χ0v) is 11.6. The minimum Gasteiger partial charge on any atom is -0.465 e. The first-order valence-corrected chi connectivity index (χ1v) is 6.06. The summed E-state index contributed by atoms with van der Waals surface area (Å²) in [6.45, 7) is 11.2. The van der Waals surface area contributed by atoms with Crippen molar-refractivity contribution in [1.82, 2.24) is 0 Å². The van der Waals surface area contributed by atoms with Crippen LogP contribution in [0.5, 0.6) is 0 Å². The molecule has 0 amide bonds. The number of esters is 2. The second-order valence-electron chi connectivity index (χ2n) is 4.15. The van der Waals surface area contributed by atoms with Crippen LogP contribution in [-0.2, 0) is 19.1 Å². The molecule has 4 nitrogen and oxygen atoms in total. The maximum atomic E-state index is 11.8. The molecule has 0 aliphatic rings. The number of ether oxygens (including phenoxy) is 2. The largest absolute Gasteiger partial charge is 0.465 e. The molecule has 0 bridgehead atoms. The van der Waals surface area contributed by atoms with Gasteiger partial charge in [0.25, 0.3) is 0 Å². The third-order valence-electron chi connectivity index (χ3n) is 2.62. The Hall–Kier alpha value is -1.58. The van der Waals surface area contributed by atoms with Gasteiger partial charge in [0.15, 0.2) is 0 Å². The first-order chi connectivity index (χ1) is 8.41. The molecule has 0 heterocycles. The Balaban J connectivity index is 4.73. The molecule has 0 radical (unpaired) electrons. The maximum absolute atomic E-state index is 11.8. The second-order valence-corrected chi connectivity index (χ2v) is 4.15. The molecule has 0 aromatic carbocycles. The van der Waals surface area contributed by atoms with Gasteiger partial charge in [0.05, 0.1) is 18.6 Å². The van der Waals surface area contributed by atoms with Crippen molar-refractivity contribution in [3.63, 3.8) is 0 Å². The Morgan fingerprint density at radius 3 is 2.22 bits per heavy atom. The molecule has 0 saturated carbocycles. The molecular weight excluding hydrogens is 232 g/mol. The number of carbonyl (C=O) groups is 2. The quantitative estimate of drug-likeness (QED) is 0.398. The van der Waals surface area contributed by atoms with Crippen LogP contribution < -0.4 is 0 Å². The normalized spacial score (nSPS) is 14.6. The van der Waals surface area contributed by atoms with Crippen molar-refractivity contribution in [3.05, 3.63) is 24.3 Å². The molecule has 4 heteroatoms. The highest BCUT2D eigenvalue weighted by Gasteiger charge is 2.30. The maximum Gasteiger partial charge on any atom is 0.333 e. The fourth-order valence-corrected chi connectivity index (χ4v) is 1.24. The molecule has 0 N–H and O–H groups in total. The number of hydrogen-bond donors (Lipinski definition) is 0. The van der Waals surface area contributed by atoms with Gasteiger partial charge in [0.1, 0.15) is 0 Å². The Labute approximate surface area is 109 Å². The van der Waals surface area contributed by atoms with Crippen molar-refractivity contribution in [2.24, 2.45) is 5.41 Å².